The van der Waals surface area contributed by atoms with Crippen molar-refractivity contribution in [3.8, 4) is 6.07 Å². The van der Waals surface area contributed by atoms with Crippen molar-refractivity contribution in [3.63, 3.8) is 0 Å². The van der Waals surface area contributed by atoms with E-state index in [1.807, 2.05) is 24.3 Å². The van der Waals surface area contributed by atoms with E-state index in [-0.39, 0.29) is 6.04 Å². The molecular weight excluding hydrogens is 238 g/mol. The number of nitriles is 1. The van der Waals surface area contributed by atoms with Gasteiger partial charge in [0, 0.05) is 23.8 Å². The first-order valence-electron chi connectivity index (χ1n) is 6.34. The molecule has 1 fully saturated rings. The van der Waals surface area contributed by atoms with Gasteiger partial charge < -0.3 is 9.69 Å². The Balaban J connectivity index is 2.08. The van der Waals surface area contributed by atoms with Crippen LogP contribution in [0, 0.1) is 11.3 Å². The number of carbonyl (C=O) groups is 1. The number of aromatic nitrogens is 1. The smallest absolute Gasteiger partial charge is 0.148 e. The zero-order chi connectivity index (χ0) is 13.2. The van der Waals surface area contributed by atoms with Gasteiger partial charge in [0.15, 0.2) is 0 Å². The molecule has 3 rings (SSSR count). The zero-order valence-electron chi connectivity index (χ0n) is 10.4. The lowest BCUT2D eigenvalue weighted by Crippen LogP contribution is -2.30. The third kappa shape index (κ3) is 1.93. The Kier molecular flexibility index (Phi) is 2.88. The summed E-state index contributed by atoms with van der Waals surface area (Å²) in [6, 6.07) is 9.88. The Morgan fingerprint density at radius 3 is 3.11 bits per heavy atom. The number of hydrogen-bond donors (Lipinski definition) is 0. The van der Waals surface area contributed by atoms with Gasteiger partial charge in [0.2, 0.25) is 0 Å². The molecule has 19 heavy (non-hydrogen) atoms. The molecule has 1 aromatic heterocycles. The third-order valence-electron chi connectivity index (χ3n) is 3.64. The maximum Gasteiger partial charge on any atom is 0.148 e. The number of carbonyl (C=O) groups excluding carboxylic acids is 1. The first kappa shape index (κ1) is 11.7. The molecule has 1 atom stereocenters. The monoisotopic (exact) mass is 251 g/mol. The van der Waals surface area contributed by atoms with Gasteiger partial charge in [-0.15, -0.1) is 0 Å². The number of aldehydes is 1. The molecule has 0 N–H and O–H groups in total. The third-order valence-corrected chi connectivity index (χ3v) is 3.64. The summed E-state index contributed by atoms with van der Waals surface area (Å²) in [5.74, 6) is 0. The van der Waals surface area contributed by atoms with E-state index in [1.165, 1.54) is 0 Å². The predicted molar refractivity (Wildman–Crippen MR) is 72.9 cm³/mol. The van der Waals surface area contributed by atoms with Crippen LogP contribution in [0.1, 0.15) is 18.5 Å². The van der Waals surface area contributed by atoms with Crippen molar-refractivity contribution in [1.82, 2.24) is 4.98 Å². The topological polar surface area (TPSA) is 57.0 Å². The summed E-state index contributed by atoms with van der Waals surface area (Å²) in [4.78, 5) is 17.2. The molecule has 2 aromatic rings. The maximum atomic E-state index is 11.1. The van der Waals surface area contributed by atoms with E-state index < -0.39 is 0 Å². The second-order valence-electron chi connectivity index (χ2n) is 4.72. The summed E-state index contributed by atoms with van der Waals surface area (Å²) in [5.41, 5.74) is 1.48. The van der Waals surface area contributed by atoms with Crippen molar-refractivity contribution in [3.05, 3.63) is 36.2 Å². The van der Waals surface area contributed by atoms with Gasteiger partial charge in [0.25, 0.3) is 0 Å². The van der Waals surface area contributed by atoms with Gasteiger partial charge in [0.05, 0.1) is 6.04 Å². The molecule has 0 unspecified atom stereocenters. The molecule has 0 spiro atoms. The van der Waals surface area contributed by atoms with Crippen LogP contribution in [0.15, 0.2) is 30.5 Å². The van der Waals surface area contributed by atoms with Gasteiger partial charge in [-0.1, -0.05) is 0 Å². The van der Waals surface area contributed by atoms with Crippen LogP contribution in [0.2, 0.25) is 0 Å². The lowest BCUT2D eigenvalue weighted by atomic mass is 10.1. The molecule has 0 amide bonds. The van der Waals surface area contributed by atoms with Crippen molar-refractivity contribution in [2.24, 2.45) is 0 Å². The normalized spacial score (nSPS) is 18.5. The summed E-state index contributed by atoms with van der Waals surface area (Å²) >= 11 is 0. The van der Waals surface area contributed by atoms with Crippen LogP contribution < -0.4 is 4.90 Å². The second kappa shape index (κ2) is 4.69. The fraction of sp³-hybridized carbons (Fsp3) is 0.267. The van der Waals surface area contributed by atoms with Crippen LogP contribution in [0.25, 0.3) is 10.8 Å². The quantitative estimate of drug-likeness (QED) is 0.768. The highest BCUT2D eigenvalue weighted by atomic mass is 16.1. The number of benzene rings is 1. The van der Waals surface area contributed by atoms with Gasteiger partial charge in [-0.2, -0.15) is 5.26 Å². The van der Waals surface area contributed by atoms with E-state index in [0.29, 0.717) is 5.69 Å². The fourth-order valence-electron chi connectivity index (χ4n) is 2.69. The Labute approximate surface area is 111 Å². The predicted octanol–water partition coefficient (Wildman–Crippen LogP) is 2.27. The lowest BCUT2D eigenvalue weighted by Gasteiger charge is -2.23. The summed E-state index contributed by atoms with van der Waals surface area (Å²) in [6.07, 6.45) is 4.62. The van der Waals surface area contributed by atoms with Gasteiger partial charge in [0.1, 0.15) is 18.0 Å². The SMILES string of the molecule is N#Cc1nccc2cc(N3CCC[C@@H]3C=O)ccc12. The Bertz CT molecular complexity index is 675. The second-order valence-corrected chi connectivity index (χ2v) is 4.72. The van der Waals surface area contributed by atoms with Crippen LogP contribution in [0.5, 0.6) is 0 Å². The molecule has 4 nitrogen and oxygen atoms in total. The average Bonchev–Trinajstić information content (AvgIpc) is 2.94. The highest BCUT2D eigenvalue weighted by Gasteiger charge is 2.24. The standard InChI is InChI=1S/C15H13N3O/c16-9-15-14-4-3-12(8-11(14)5-6-17-15)18-7-1-2-13(18)10-19/h3-6,8,10,13H,1-2,7H2/t13-/m1/s1. The van der Waals surface area contributed by atoms with E-state index >= 15 is 0 Å². The highest BCUT2D eigenvalue weighted by Crippen LogP contribution is 2.28. The summed E-state index contributed by atoms with van der Waals surface area (Å²) in [5, 5.41) is 10.9. The minimum Gasteiger partial charge on any atom is -0.362 e. The van der Waals surface area contributed by atoms with E-state index in [0.717, 1.165) is 42.1 Å². The maximum absolute atomic E-state index is 11.1. The van der Waals surface area contributed by atoms with Crippen LogP contribution in [-0.2, 0) is 4.79 Å². The molecule has 0 radical (unpaired) electrons. The van der Waals surface area contributed by atoms with Crippen LogP contribution in [0.3, 0.4) is 0 Å². The first-order valence-corrected chi connectivity index (χ1v) is 6.34. The lowest BCUT2D eigenvalue weighted by molar-refractivity contribution is -0.108. The Hall–Kier alpha value is -2.41. The van der Waals surface area contributed by atoms with Crippen molar-refractivity contribution < 1.29 is 4.79 Å². The van der Waals surface area contributed by atoms with Crippen LogP contribution in [-0.4, -0.2) is 23.9 Å². The van der Waals surface area contributed by atoms with Crippen molar-refractivity contribution in [2.45, 2.75) is 18.9 Å². The molecule has 0 aliphatic carbocycles. The molecule has 1 aliphatic rings. The molecule has 1 aliphatic heterocycles. The summed E-state index contributed by atoms with van der Waals surface area (Å²) in [6.45, 7) is 0.908. The molecule has 0 bridgehead atoms. The Morgan fingerprint density at radius 1 is 1.42 bits per heavy atom. The van der Waals surface area contributed by atoms with Crippen LogP contribution in [0.4, 0.5) is 5.69 Å². The first-order chi connectivity index (χ1) is 9.33. The fourth-order valence-corrected chi connectivity index (χ4v) is 2.69. The van der Waals surface area contributed by atoms with Gasteiger partial charge in [-0.25, -0.2) is 4.98 Å². The number of fused-ring (bicyclic) bond motifs is 1. The summed E-state index contributed by atoms with van der Waals surface area (Å²) < 4.78 is 0. The van der Waals surface area contributed by atoms with Crippen molar-refractivity contribution >= 4 is 22.7 Å². The minimum atomic E-state index is -0.0188. The van der Waals surface area contributed by atoms with Gasteiger partial charge in [-0.05, 0) is 42.5 Å². The number of pyridine rings is 1. The van der Waals surface area contributed by atoms with Crippen molar-refractivity contribution in [1.29, 1.82) is 5.26 Å². The molecule has 1 saturated heterocycles. The van der Waals surface area contributed by atoms with E-state index in [2.05, 4.69) is 16.0 Å². The minimum absolute atomic E-state index is 0.0188. The molecule has 94 valence electrons. The zero-order valence-corrected chi connectivity index (χ0v) is 10.4. The number of rotatable bonds is 2. The Morgan fingerprint density at radius 2 is 2.32 bits per heavy atom. The highest BCUT2D eigenvalue weighted by molar-refractivity contribution is 5.89. The van der Waals surface area contributed by atoms with E-state index in [4.69, 9.17) is 5.26 Å². The molecule has 2 heterocycles. The molecular formula is C15H13N3O. The molecule has 4 heteroatoms. The largest absolute Gasteiger partial charge is 0.362 e. The molecule has 0 saturated carbocycles. The number of hydrogen-bond acceptors (Lipinski definition) is 4. The number of anilines is 1. The van der Waals surface area contributed by atoms with Gasteiger partial charge in [-0.3, -0.25) is 0 Å². The van der Waals surface area contributed by atoms with Crippen molar-refractivity contribution in [2.75, 3.05) is 11.4 Å². The summed E-state index contributed by atoms with van der Waals surface area (Å²) in [7, 11) is 0. The average molecular weight is 251 g/mol. The van der Waals surface area contributed by atoms with E-state index in [9.17, 15) is 4.79 Å². The van der Waals surface area contributed by atoms with E-state index in [1.54, 1.807) is 6.20 Å². The van der Waals surface area contributed by atoms with Crippen LogP contribution >= 0.6 is 0 Å². The number of nitrogens with zero attached hydrogens (tertiary/aromatic N) is 3. The van der Waals surface area contributed by atoms with Gasteiger partial charge >= 0.3 is 0 Å². The molecule has 1 aromatic carbocycles.